The van der Waals surface area contributed by atoms with E-state index in [1.807, 2.05) is 0 Å². The fourth-order valence-corrected chi connectivity index (χ4v) is 2.48. The van der Waals surface area contributed by atoms with Crippen molar-refractivity contribution in [1.29, 1.82) is 0 Å². The predicted octanol–water partition coefficient (Wildman–Crippen LogP) is 3.43. The van der Waals surface area contributed by atoms with Crippen molar-refractivity contribution in [2.75, 3.05) is 26.7 Å². The summed E-state index contributed by atoms with van der Waals surface area (Å²) in [7, 11) is 1.76. The van der Waals surface area contributed by atoms with E-state index in [1.165, 1.54) is 24.0 Å². The van der Waals surface area contributed by atoms with Gasteiger partial charge in [0.25, 0.3) is 0 Å². The van der Waals surface area contributed by atoms with Crippen molar-refractivity contribution < 1.29 is 4.74 Å². The smallest absolute Gasteiger partial charge is 0.123 e. The third-order valence-electron chi connectivity index (χ3n) is 3.40. The van der Waals surface area contributed by atoms with Gasteiger partial charge in [0.2, 0.25) is 0 Å². The molecule has 0 aliphatic carbocycles. The summed E-state index contributed by atoms with van der Waals surface area (Å²) in [6.07, 6.45) is 2.39. The van der Waals surface area contributed by atoms with Crippen LogP contribution in [0, 0.1) is 0 Å². The highest BCUT2D eigenvalue weighted by molar-refractivity contribution is 5.37. The van der Waals surface area contributed by atoms with Crippen LogP contribution in [0.4, 0.5) is 0 Å². The number of nitrogens with one attached hydrogen (secondary N) is 1. The molecule has 0 heterocycles. The third-order valence-corrected chi connectivity index (χ3v) is 3.40. The fourth-order valence-electron chi connectivity index (χ4n) is 2.48. The van der Waals surface area contributed by atoms with Crippen molar-refractivity contribution in [3.05, 3.63) is 29.3 Å². The van der Waals surface area contributed by atoms with E-state index in [-0.39, 0.29) is 0 Å². The molecule has 3 nitrogen and oxygen atoms in total. The molecule has 114 valence electrons. The van der Waals surface area contributed by atoms with E-state index in [9.17, 15) is 0 Å². The highest BCUT2D eigenvalue weighted by Gasteiger charge is 2.09. The maximum Gasteiger partial charge on any atom is 0.123 e. The lowest BCUT2D eigenvalue weighted by molar-refractivity contribution is 0.262. The van der Waals surface area contributed by atoms with E-state index in [2.05, 4.69) is 49.2 Å². The largest absolute Gasteiger partial charge is 0.496 e. The first-order valence-corrected chi connectivity index (χ1v) is 7.83. The van der Waals surface area contributed by atoms with Gasteiger partial charge in [-0.1, -0.05) is 26.8 Å². The first-order chi connectivity index (χ1) is 9.74. The zero-order valence-electron chi connectivity index (χ0n) is 13.5. The van der Waals surface area contributed by atoms with E-state index >= 15 is 0 Å². The van der Waals surface area contributed by atoms with Crippen molar-refractivity contribution in [2.24, 2.45) is 0 Å². The second-order valence-corrected chi connectivity index (χ2v) is 5.20. The average molecular weight is 278 g/mol. The quantitative estimate of drug-likeness (QED) is 0.709. The van der Waals surface area contributed by atoms with Gasteiger partial charge in [-0.05, 0) is 50.2 Å². The Bertz CT molecular complexity index is 373. The Morgan fingerprint density at radius 3 is 2.35 bits per heavy atom. The third kappa shape index (κ3) is 5.51. The zero-order chi connectivity index (χ0) is 14.8. The second-order valence-electron chi connectivity index (χ2n) is 5.20. The summed E-state index contributed by atoms with van der Waals surface area (Å²) in [5.41, 5.74) is 2.63. The molecule has 0 bridgehead atoms. The summed E-state index contributed by atoms with van der Waals surface area (Å²) >= 11 is 0. The van der Waals surface area contributed by atoms with Crippen LogP contribution in [0.3, 0.4) is 0 Å². The maximum atomic E-state index is 5.51. The molecular weight excluding hydrogens is 248 g/mol. The van der Waals surface area contributed by atoms with Crippen LogP contribution in [0.5, 0.6) is 5.75 Å². The van der Waals surface area contributed by atoms with E-state index in [4.69, 9.17) is 4.74 Å². The lowest BCUT2D eigenvalue weighted by atomic mass is 10.1. The molecule has 0 spiro atoms. The maximum absolute atomic E-state index is 5.51. The van der Waals surface area contributed by atoms with Crippen LogP contribution in [0.15, 0.2) is 18.2 Å². The molecule has 0 aromatic heterocycles. The Morgan fingerprint density at radius 2 is 1.80 bits per heavy atom. The summed E-state index contributed by atoms with van der Waals surface area (Å²) in [6.45, 7) is 11.8. The van der Waals surface area contributed by atoms with Crippen LogP contribution in [-0.4, -0.2) is 31.6 Å². The molecule has 0 aliphatic rings. The number of nitrogens with zero attached hydrogens (tertiary/aromatic N) is 1. The van der Waals surface area contributed by atoms with Crippen LogP contribution in [0.2, 0.25) is 0 Å². The monoisotopic (exact) mass is 278 g/mol. The molecule has 0 radical (unpaired) electrons. The molecule has 1 aromatic rings. The molecular formula is C17H30N2O. The Labute approximate surface area is 124 Å². The minimum atomic E-state index is 0.926. The second kappa shape index (κ2) is 9.78. The number of benzene rings is 1. The summed E-state index contributed by atoms with van der Waals surface area (Å²) in [6, 6.07) is 6.52. The van der Waals surface area contributed by atoms with Gasteiger partial charge < -0.3 is 10.1 Å². The number of hydrogen-bond acceptors (Lipinski definition) is 3. The van der Waals surface area contributed by atoms with Gasteiger partial charge in [-0.2, -0.15) is 0 Å². The minimum Gasteiger partial charge on any atom is -0.496 e. The van der Waals surface area contributed by atoms with Gasteiger partial charge in [-0.25, -0.2) is 0 Å². The number of ether oxygens (including phenoxy) is 1. The Morgan fingerprint density at radius 1 is 1.10 bits per heavy atom. The van der Waals surface area contributed by atoms with E-state index in [0.29, 0.717) is 0 Å². The molecule has 1 aromatic carbocycles. The summed E-state index contributed by atoms with van der Waals surface area (Å²) in [4.78, 5) is 2.51. The summed E-state index contributed by atoms with van der Waals surface area (Å²) in [5, 5.41) is 3.38. The molecule has 3 heteroatoms. The molecule has 0 aliphatic heterocycles. The summed E-state index contributed by atoms with van der Waals surface area (Å²) in [5.74, 6) is 1.00. The van der Waals surface area contributed by atoms with E-state index in [0.717, 1.165) is 38.5 Å². The lowest BCUT2D eigenvalue weighted by Crippen LogP contribution is -2.25. The SMILES string of the molecule is CCCN(CCC)Cc1cc(CNCC)ccc1OC. The van der Waals surface area contributed by atoms with Gasteiger partial charge in [0, 0.05) is 18.7 Å². The number of rotatable bonds is 10. The molecule has 0 atom stereocenters. The topological polar surface area (TPSA) is 24.5 Å². The van der Waals surface area contributed by atoms with Gasteiger partial charge in [0.05, 0.1) is 7.11 Å². The predicted molar refractivity (Wildman–Crippen MR) is 86.2 cm³/mol. The number of methoxy groups -OCH3 is 1. The normalized spacial score (nSPS) is 11.1. The average Bonchev–Trinajstić information content (AvgIpc) is 2.46. The van der Waals surface area contributed by atoms with Gasteiger partial charge in [0.1, 0.15) is 5.75 Å². The van der Waals surface area contributed by atoms with Gasteiger partial charge in [-0.3, -0.25) is 4.90 Å². The molecule has 0 saturated heterocycles. The van der Waals surface area contributed by atoms with Crippen LogP contribution in [0.1, 0.15) is 44.7 Å². The van der Waals surface area contributed by atoms with E-state index < -0.39 is 0 Å². The Hall–Kier alpha value is -1.06. The standard InChI is InChI=1S/C17H30N2O/c1-5-10-19(11-6-2)14-16-12-15(13-18-7-3)8-9-17(16)20-4/h8-9,12,18H,5-7,10-11,13-14H2,1-4H3. The Kier molecular flexibility index (Phi) is 8.31. The van der Waals surface area contributed by atoms with Crippen LogP contribution in [-0.2, 0) is 13.1 Å². The molecule has 20 heavy (non-hydrogen) atoms. The Balaban J connectivity index is 2.82. The van der Waals surface area contributed by atoms with Crippen molar-refractivity contribution in [2.45, 2.75) is 46.7 Å². The first-order valence-electron chi connectivity index (χ1n) is 7.83. The van der Waals surface area contributed by atoms with Crippen LogP contribution in [0.25, 0.3) is 0 Å². The van der Waals surface area contributed by atoms with Crippen molar-refractivity contribution in [1.82, 2.24) is 10.2 Å². The zero-order valence-corrected chi connectivity index (χ0v) is 13.5. The van der Waals surface area contributed by atoms with Gasteiger partial charge in [-0.15, -0.1) is 0 Å². The highest BCUT2D eigenvalue weighted by atomic mass is 16.5. The van der Waals surface area contributed by atoms with Crippen molar-refractivity contribution in [3.63, 3.8) is 0 Å². The molecule has 0 saturated carbocycles. The van der Waals surface area contributed by atoms with Crippen molar-refractivity contribution >= 4 is 0 Å². The molecule has 0 fully saturated rings. The first kappa shape index (κ1) is 17.0. The van der Waals surface area contributed by atoms with Crippen LogP contribution >= 0.6 is 0 Å². The lowest BCUT2D eigenvalue weighted by Gasteiger charge is -2.22. The van der Waals surface area contributed by atoms with Gasteiger partial charge in [0.15, 0.2) is 0 Å². The van der Waals surface area contributed by atoms with Crippen LogP contribution < -0.4 is 10.1 Å². The molecule has 0 amide bonds. The molecule has 1 N–H and O–H groups in total. The number of hydrogen-bond donors (Lipinski definition) is 1. The highest BCUT2D eigenvalue weighted by Crippen LogP contribution is 2.22. The fraction of sp³-hybridized carbons (Fsp3) is 0.647. The van der Waals surface area contributed by atoms with Gasteiger partial charge >= 0.3 is 0 Å². The molecule has 1 rings (SSSR count). The minimum absolute atomic E-state index is 0.926. The van der Waals surface area contributed by atoms with E-state index in [1.54, 1.807) is 7.11 Å². The molecule has 0 unspecified atom stereocenters. The van der Waals surface area contributed by atoms with Crippen molar-refractivity contribution in [3.8, 4) is 5.75 Å². The summed E-state index contributed by atoms with van der Waals surface area (Å²) < 4.78 is 5.51.